The van der Waals surface area contributed by atoms with Crippen LogP contribution in [-0.4, -0.2) is 39.8 Å². The van der Waals surface area contributed by atoms with Crippen LogP contribution in [0.5, 0.6) is 0 Å². The van der Waals surface area contributed by atoms with E-state index in [1.54, 1.807) is 6.92 Å². The molecule has 0 aromatic heterocycles. The molecule has 1 unspecified atom stereocenters. The van der Waals surface area contributed by atoms with Crippen LogP contribution in [-0.2, 0) is 18.9 Å². The van der Waals surface area contributed by atoms with Gasteiger partial charge in [-0.15, -0.1) is 0 Å². The molecule has 0 saturated carbocycles. The van der Waals surface area contributed by atoms with Crippen LogP contribution in [0.2, 0.25) is 0 Å². The van der Waals surface area contributed by atoms with E-state index in [0.29, 0.717) is 0 Å². The van der Waals surface area contributed by atoms with Gasteiger partial charge in [-0.3, -0.25) is 14.2 Å². The third kappa shape index (κ3) is 5.97. The van der Waals surface area contributed by atoms with E-state index >= 15 is 0 Å². The van der Waals surface area contributed by atoms with Crippen LogP contribution in [0.3, 0.4) is 0 Å². The lowest BCUT2D eigenvalue weighted by atomic mass is 9.97. The van der Waals surface area contributed by atoms with Crippen LogP contribution in [0.15, 0.2) is 0 Å². The fourth-order valence-electron chi connectivity index (χ4n) is 1.06. The third-order valence-electron chi connectivity index (χ3n) is 1.69. The Balaban J connectivity index is 4.42. The van der Waals surface area contributed by atoms with Gasteiger partial charge in [-0.25, -0.2) is 0 Å². The summed E-state index contributed by atoms with van der Waals surface area (Å²) in [6, 6.07) is 0. The van der Waals surface area contributed by atoms with Gasteiger partial charge in [-0.2, -0.15) is 0 Å². The summed E-state index contributed by atoms with van der Waals surface area (Å²) in [5.41, 5.74) is 3.96. The standard InChI is InChI=1S/C8H16NO6P/c1-3-15-7(11)8(2,9)4-6(10)5-16(12,13)14/h3-5,9H2,1-2H3,(H2,12,13,14). The SMILES string of the molecule is CCOC(=O)C(C)(N)CC(=O)CP(=O)(O)O. The third-order valence-corrected chi connectivity index (χ3v) is 2.45. The van der Waals surface area contributed by atoms with Gasteiger partial charge >= 0.3 is 13.6 Å². The topological polar surface area (TPSA) is 127 Å². The first kappa shape index (κ1) is 15.2. The van der Waals surface area contributed by atoms with Gasteiger partial charge in [0.15, 0.2) is 0 Å². The van der Waals surface area contributed by atoms with E-state index in [0.717, 1.165) is 0 Å². The van der Waals surface area contributed by atoms with Crippen molar-refractivity contribution in [3.8, 4) is 0 Å². The molecule has 0 heterocycles. The quantitative estimate of drug-likeness (QED) is 0.426. The van der Waals surface area contributed by atoms with E-state index < -0.39 is 37.5 Å². The summed E-state index contributed by atoms with van der Waals surface area (Å²) in [5, 5.41) is 0. The van der Waals surface area contributed by atoms with Crippen molar-refractivity contribution >= 4 is 19.3 Å². The number of rotatable bonds is 6. The number of nitrogens with two attached hydrogens (primary N) is 1. The molecule has 8 heteroatoms. The molecule has 0 rings (SSSR count). The zero-order valence-corrected chi connectivity index (χ0v) is 10.1. The van der Waals surface area contributed by atoms with Gasteiger partial charge in [0.2, 0.25) is 0 Å². The van der Waals surface area contributed by atoms with Crippen LogP contribution in [0.25, 0.3) is 0 Å². The molecule has 7 nitrogen and oxygen atoms in total. The molecule has 94 valence electrons. The zero-order chi connectivity index (χ0) is 13.0. The number of ketones is 1. The van der Waals surface area contributed by atoms with Crippen molar-refractivity contribution in [2.75, 3.05) is 12.8 Å². The molecule has 0 aromatic rings. The molecule has 4 N–H and O–H groups in total. The summed E-state index contributed by atoms with van der Waals surface area (Å²) in [6.07, 6.45) is -1.38. The van der Waals surface area contributed by atoms with E-state index in [2.05, 4.69) is 4.74 Å². The average Bonchev–Trinajstić information content (AvgIpc) is 1.99. The number of carbonyl (C=O) groups is 2. The van der Waals surface area contributed by atoms with Gasteiger partial charge in [-0.05, 0) is 13.8 Å². The second-order valence-corrected chi connectivity index (χ2v) is 5.32. The molecule has 0 saturated heterocycles. The van der Waals surface area contributed by atoms with Crippen LogP contribution in [0, 0.1) is 0 Å². The van der Waals surface area contributed by atoms with Crippen molar-refractivity contribution in [1.29, 1.82) is 0 Å². The predicted molar refractivity (Wildman–Crippen MR) is 55.8 cm³/mol. The number of hydrogen-bond donors (Lipinski definition) is 3. The van der Waals surface area contributed by atoms with Gasteiger partial charge in [0.25, 0.3) is 0 Å². The second kappa shape index (κ2) is 5.54. The molecule has 0 aromatic carbocycles. The Bertz CT molecular complexity index is 320. The highest BCUT2D eigenvalue weighted by Crippen LogP contribution is 2.34. The highest BCUT2D eigenvalue weighted by atomic mass is 31.2. The molecule has 0 fully saturated rings. The van der Waals surface area contributed by atoms with E-state index in [1.807, 2.05) is 0 Å². The summed E-state index contributed by atoms with van der Waals surface area (Å²) in [5.74, 6) is -1.54. The summed E-state index contributed by atoms with van der Waals surface area (Å²) in [4.78, 5) is 39.6. The maximum Gasteiger partial charge on any atom is 0.332 e. The highest BCUT2D eigenvalue weighted by Gasteiger charge is 2.34. The van der Waals surface area contributed by atoms with Gasteiger partial charge in [0.1, 0.15) is 17.5 Å². The van der Waals surface area contributed by atoms with Gasteiger partial charge in [-0.1, -0.05) is 0 Å². The van der Waals surface area contributed by atoms with Crippen molar-refractivity contribution in [1.82, 2.24) is 0 Å². The van der Waals surface area contributed by atoms with Gasteiger partial charge in [0.05, 0.1) is 6.61 Å². The lowest BCUT2D eigenvalue weighted by Crippen LogP contribution is -2.48. The lowest BCUT2D eigenvalue weighted by Gasteiger charge is -2.21. The van der Waals surface area contributed by atoms with E-state index in [-0.39, 0.29) is 6.61 Å². The first-order chi connectivity index (χ1) is 7.08. The number of Topliss-reactive ketones (excluding diaryl/α,β-unsaturated/α-hetero) is 1. The van der Waals surface area contributed by atoms with Gasteiger partial charge in [0, 0.05) is 6.42 Å². The second-order valence-electron chi connectivity index (χ2n) is 3.68. The van der Waals surface area contributed by atoms with Crippen LogP contribution >= 0.6 is 7.60 Å². The lowest BCUT2D eigenvalue weighted by molar-refractivity contribution is -0.150. The van der Waals surface area contributed by atoms with E-state index in [4.69, 9.17) is 15.5 Å². The highest BCUT2D eigenvalue weighted by molar-refractivity contribution is 7.52. The van der Waals surface area contributed by atoms with Crippen molar-refractivity contribution in [3.05, 3.63) is 0 Å². The summed E-state index contributed by atoms with van der Waals surface area (Å²) in [6.45, 7) is 2.99. The number of esters is 1. The molecule has 0 radical (unpaired) electrons. The van der Waals surface area contributed by atoms with Crippen molar-refractivity contribution in [3.63, 3.8) is 0 Å². The fourth-order valence-corrected chi connectivity index (χ4v) is 1.63. The molecular weight excluding hydrogens is 237 g/mol. The Morgan fingerprint density at radius 2 is 1.94 bits per heavy atom. The van der Waals surface area contributed by atoms with Gasteiger partial charge < -0.3 is 20.3 Å². The summed E-state index contributed by atoms with van der Waals surface area (Å²) >= 11 is 0. The Labute approximate surface area is 93.1 Å². The Hall–Kier alpha value is -0.750. The molecule has 16 heavy (non-hydrogen) atoms. The fraction of sp³-hybridized carbons (Fsp3) is 0.750. The van der Waals surface area contributed by atoms with Crippen molar-refractivity contribution in [2.24, 2.45) is 5.73 Å². The van der Waals surface area contributed by atoms with E-state index in [1.165, 1.54) is 6.92 Å². The minimum atomic E-state index is -4.41. The molecule has 0 bridgehead atoms. The molecule has 0 aliphatic heterocycles. The molecule has 1 atom stereocenters. The van der Waals surface area contributed by atoms with Crippen LogP contribution in [0.1, 0.15) is 20.3 Å². The normalized spacial score (nSPS) is 15.3. The first-order valence-electron chi connectivity index (χ1n) is 4.61. The largest absolute Gasteiger partial charge is 0.465 e. The number of ether oxygens (including phenoxy) is 1. The first-order valence-corrected chi connectivity index (χ1v) is 6.40. The van der Waals surface area contributed by atoms with Crippen molar-refractivity contribution in [2.45, 2.75) is 25.8 Å². The molecular formula is C8H16NO6P. The smallest absolute Gasteiger partial charge is 0.332 e. The Morgan fingerprint density at radius 3 is 2.31 bits per heavy atom. The van der Waals surface area contributed by atoms with Crippen LogP contribution < -0.4 is 5.73 Å². The predicted octanol–water partition coefficient (Wildman–Crippen LogP) is -0.596. The molecule has 0 aliphatic carbocycles. The minimum absolute atomic E-state index is 0.123. The molecule has 0 spiro atoms. The number of carbonyl (C=O) groups excluding carboxylic acids is 2. The summed E-state index contributed by atoms with van der Waals surface area (Å²) in [7, 11) is -4.41. The number of hydrogen-bond acceptors (Lipinski definition) is 5. The average molecular weight is 253 g/mol. The Morgan fingerprint density at radius 1 is 1.44 bits per heavy atom. The molecule has 0 amide bonds. The maximum atomic E-state index is 11.3. The molecule has 0 aliphatic rings. The Kier molecular flexibility index (Phi) is 5.28. The summed E-state index contributed by atoms with van der Waals surface area (Å²) < 4.78 is 15.2. The van der Waals surface area contributed by atoms with Crippen molar-refractivity contribution < 1.29 is 28.7 Å². The van der Waals surface area contributed by atoms with Crippen LogP contribution in [0.4, 0.5) is 0 Å². The zero-order valence-electron chi connectivity index (χ0n) is 9.17. The minimum Gasteiger partial charge on any atom is -0.465 e. The van der Waals surface area contributed by atoms with E-state index in [9.17, 15) is 14.2 Å². The maximum absolute atomic E-state index is 11.3. The monoisotopic (exact) mass is 253 g/mol.